The third-order valence-corrected chi connectivity index (χ3v) is 15.0. The average molecular weight is 1060 g/mol. The summed E-state index contributed by atoms with van der Waals surface area (Å²) >= 11 is 1.89. The van der Waals surface area contributed by atoms with E-state index in [0.717, 1.165) is 15.9 Å². The standard InChI is InChI=1S/C44H55IN8O11S2/c1-43(2,3)38(46-41(54)55)36(39(44(4,5)6)47-42(56)57)50-65(58,59)34-23-22-33(45)35(40-48-51-53(49-40)26-29-14-20-32(64-9)21-15-29)37(34)66(60,61)52(24-27-10-16-30(62-7)17-11-27)25-28-12-18-31(63-8)19-13-28/h10-23,36,38-39,46-47,50H,24-26H2,1-9H3,(H,54,55)(H,56,57). The molecule has 19 nitrogen and oxygen atoms in total. The highest BCUT2D eigenvalue weighted by Gasteiger charge is 2.47. The van der Waals surface area contributed by atoms with Crippen molar-refractivity contribution in [3.63, 3.8) is 0 Å². The summed E-state index contributed by atoms with van der Waals surface area (Å²) < 4.78 is 82.3. The van der Waals surface area contributed by atoms with Crippen LogP contribution < -0.4 is 29.6 Å². The normalized spacial score (nSPS) is 13.7. The number of halogens is 1. The molecule has 0 aliphatic carbocycles. The van der Waals surface area contributed by atoms with Crippen LogP contribution in [-0.2, 0) is 39.7 Å². The molecule has 0 saturated heterocycles. The molecular formula is C44H55IN8O11S2. The van der Waals surface area contributed by atoms with Crippen molar-refractivity contribution in [3.05, 3.63) is 105 Å². The van der Waals surface area contributed by atoms with E-state index in [9.17, 15) is 19.8 Å². The number of nitrogens with zero attached hydrogens (tertiary/aromatic N) is 5. The number of carboxylic acid groups (broad SMARTS) is 2. The molecule has 66 heavy (non-hydrogen) atoms. The van der Waals surface area contributed by atoms with Gasteiger partial charge < -0.3 is 35.1 Å². The second kappa shape index (κ2) is 20.9. The first kappa shape index (κ1) is 51.4. The molecule has 0 fully saturated rings. The highest BCUT2D eigenvalue weighted by molar-refractivity contribution is 14.1. The minimum absolute atomic E-state index is 0.105. The predicted octanol–water partition coefficient (Wildman–Crippen LogP) is 6.42. The maximum Gasteiger partial charge on any atom is 0.404 e. The summed E-state index contributed by atoms with van der Waals surface area (Å²) in [6.07, 6.45) is -3.00. The van der Waals surface area contributed by atoms with Crippen molar-refractivity contribution in [2.24, 2.45) is 10.8 Å². The van der Waals surface area contributed by atoms with E-state index in [-0.39, 0.29) is 34.6 Å². The Bertz CT molecular complexity index is 2620. The number of methoxy groups -OCH3 is 3. The number of rotatable bonds is 19. The van der Waals surface area contributed by atoms with Crippen LogP contribution in [0.4, 0.5) is 9.59 Å². The van der Waals surface area contributed by atoms with Crippen molar-refractivity contribution >= 4 is 54.8 Å². The summed E-state index contributed by atoms with van der Waals surface area (Å²) in [6, 6.07) is 18.9. The van der Waals surface area contributed by atoms with Gasteiger partial charge in [-0.1, -0.05) is 77.9 Å². The zero-order valence-corrected chi connectivity index (χ0v) is 41.7. The summed E-state index contributed by atoms with van der Waals surface area (Å²) in [5.74, 6) is 1.46. The lowest BCUT2D eigenvalue weighted by atomic mass is 9.73. The van der Waals surface area contributed by atoms with Gasteiger partial charge in [0.1, 0.15) is 27.0 Å². The molecule has 0 saturated carbocycles. The third-order valence-electron chi connectivity index (χ3n) is 10.6. The number of aromatic nitrogens is 4. The van der Waals surface area contributed by atoms with Gasteiger partial charge in [-0.05, 0) is 104 Å². The third kappa shape index (κ3) is 12.7. The zero-order valence-electron chi connectivity index (χ0n) is 37.9. The average Bonchev–Trinajstić information content (AvgIpc) is 3.71. The Morgan fingerprint density at radius 2 is 1.12 bits per heavy atom. The van der Waals surface area contributed by atoms with Crippen LogP contribution in [0.3, 0.4) is 0 Å². The molecule has 0 aliphatic heterocycles. The molecule has 0 bridgehead atoms. The van der Waals surface area contributed by atoms with E-state index >= 15 is 16.8 Å². The Balaban J connectivity index is 1.80. The number of nitrogens with one attached hydrogen (secondary N) is 3. The van der Waals surface area contributed by atoms with Gasteiger partial charge in [-0.15, -0.1) is 10.2 Å². The van der Waals surface area contributed by atoms with E-state index in [1.807, 2.05) is 22.6 Å². The maximum atomic E-state index is 15.8. The van der Waals surface area contributed by atoms with E-state index in [1.165, 1.54) is 25.1 Å². The van der Waals surface area contributed by atoms with E-state index in [4.69, 9.17) is 14.2 Å². The Hall–Kier alpha value is -5.56. The summed E-state index contributed by atoms with van der Waals surface area (Å²) in [4.78, 5) is 24.5. The van der Waals surface area contributed by atoms with Crippen LogP contribution in [0.2, 0.25) is 0 Å². The number of benzene rings is 4. The number of tetrazole rings is 1. The van der Waals surface area contributed by atoms with E-state index in [2.05, 4.69) is 30.8 Å². The van der Waals surface area contributed by atoms with E-state index in [0.29, 0.717) is 28.4 Å². The van der Waals surface area contributed by atoms with Crippen molar-refractivity contribution in [2.45, 2.75) is 89.1 Å². The molecule has 0 spiro atoms. The SMILES string of the molecule is COc1ccc(CN(Cc2ccc(OC)cc2)S(=O)(=O)c2c(S(=O)(=O)NC(C(NC(=O)O)C(C)(C)C)C(NC(=O)O)C(C)(C)C)ccc(I)c2-c2nnn(Cc3ccc(OC)cc3)n2)cc1. The highest BCUT2D eigenvalue weighted by atomic mass is 127. The molecular weight excluding hydrogens is 1010 g/mol. The van der Waals surface area contributed by atoms with E-state index in [1.54, 1.807) is 121 Å². The molecule has 5 aromatic rings. The fourth-order valence-electron chi connectivity index (χ4n) is 7.27. The van der Waals surface area contributed by atoms with Gasteiger partial charge in [0, 0.05) is 16.7 Å². The second-order valence-electron chi connectivity index (χ2n) is 17.4. The van der Waals surface area contributed by atoms with Crippen molar-refractivity contribution in [1.29, 1.82) is 0 Å². The fourth-order valence-corrected chi connectivity index (χ4v) is 11.8. The largest absolute Gasteiger partial charge is 0.497 e. The summed E-state index contributed by atoms with van der Waals surface area (Å²) in [5, 5.41) is 38.0. The lowest BCUT2D eigenvalue weighted by Crippen LogP contribution is -2.67. The molecule has 0 aliphatic rings. The van der Waals surface area contributed by atoms with Crippen LogP contribution in [0, 0.1) is 14.4 Å². The first-order chi connectivity index (χ1) is 30.9. The first-order valence-corrected chi connectivity index (χ1v) is 24.4. The van der Waals surface area contributed by atoms with Crippen molar-refractivity contribution in [3.8, 4) is 28.6 Å². The maximum absolute atomic E-state index is 15.8. The Morgan fingerprint density at radius 3 is 1.52 bits per heavy atom. The molecule has 4 aromatic carbocycles. The Kier molecular flexibility index (Phi) is 16.3. The van der Waals surface area contributed by atoms with Crippen LogP contribution in [0.5, 0.6) is 17.2 Å². The van der Waals surface area contributed by atoms with Gasteiger partial charge in [0.05, 0.1) is 51.6 Å². The molecule has 22 heteroatoms. The number of ether oxygens (including phenoxy) is 3. The summed E-state index contributed by atoms with van der Waals surface area (Å²) in [5.41, 5.74) is -0.440. The number of hydrogen-bond donors (Lipinski definition) is 5. The van der Waals surface area contributed by atoms with Crippen LogP contribution >= 0.6 is 22.6 Å². The number of sulfonamides is 2. The minimum Gasteiger partial charge on any atom is -0.497 e. The number of hydrogen-bond acceptors (Lipinski definition) is 12. The molecule has 5 rings (SSSR count). The smallest absolute Gasteiger partial charge is 0.404 e. The first-order valence-electron chi connectivity index (χ1n) is 20.4. The van der Waals surface area contributed by atoms with Gasteiger partial charge in [-0.25, -0.2) is 31.1 Å². The van der Waals surface area contributed by atoms with Gasteiger partial charge in [-0.3, -0.25) is 0 Å². The molecule has 5 N–H and O–H groups in total. The van der Waals surface area contributed by atoms with Crippen LogP contribution in [0.25, 0.3) is 11.4 Å². The molecule has 356 valence electrons. The molecule has 0 radical (unpaired) electrons. The van der Waals surface area contributed by atoms with Gasteiger partial charge in [0.25, 0.3) is 0 Å². The topological polar surface area (TPSA) is 253 Å². The van der Waals surface area contributed by atoms with Gasteiger partial charge in [0.2, 0.25) is 25.9 Å². The van der Waals surface area contributed by atoms with Crippen molar-refractivity contribution in [2.75, 3.05) is 21.3 Å². The highest BCUT2D eigenvalue weighted by Crippen LogP contribution is 2.39. The molecule has 2 atom stereocenters. The lowest BCUT2D eigenvalue weighted by Gasteiger charge is -2.45. The Labute approximate surface area is 398 Å². The zero-order chi connectivity index (χ0) is 48.8. The van der Waals surface area contributed by atoms with Gasteiger partial charge in [-0.2, -0.15) is 9.10 Å². The molecule has 1 heterocycles. The minimum atomic E-state index is -5.10. The van der Waals surface area contributed by atoms with Crippen LogP contribution in [0.1, 0.15) is 58.2 Å². The molecule has 2 amide bonds. The van der Waals surface area contributed by atoms with Crippen LogP contribution in [-0.4, -0.2) is 103 Å². The summed E-state index contributed by atoms with van der Waals surface area (Å²) in [7, 11) is -5.54. The number of carbonyl (C=O) groups is 2. The van der Waals surface area contributed by atoms with Gasteiger partial charge in [0.15, 0.2) is 0 Å². The molecule has 2 unspecified atom stereocenters. The lowest BCUT2D eigenvalue weighted by molar-refractivity contribution is 0.121. The second-order valence-corrected chi connectivity index (χ2v) is 22.2. The van der Waals surface area contributed by atoms with Crippen LogP contribution in [0.15, 0.2) is 94.7 Å². The fraction of sp³-hybridized carbons (Fsp3) is 0.386. The Morgan fingerprint density at radius 1 is 0.697 bits per heavy atom. The number of amides is 2. The predicted molar refractivity (Wildman–Crippen MR) is 253 cm³/mol. The van der Waals surface area contributed by atoms with Gasteiger partial charge >= 0.3 is 12.2 Å². The monoisotopic (exact) mass is 1060 g/mol. The summed E-state index contributed by atoms with van der Waals surface area (Å²) in [6.45, 7) is 9.55. The van der Waals surface area contributed by atoms with Crippen molar-refractivity contribution in [1.82, 2.24) is 39.9 Å². The van der Waals surface area contributed by atoms with Crippen molar-refractivity contribution < 1.29 is 50.8 Å². The quantitative estimate of drug-likeness (QED) is 0.0560. The van der Waals surface area contributed by atoms with E-state index < -0.39 is 71.0 Å². The molecule has 1 aromatic heterocycles.